The third-order valence-electron chi connectivity index (χ3n) is 4.63. The van der Waals surface area contributed by atoms with Crippen molar-refractivity contribution in [2.75, 3.05) is 0 Å². The molecule has 2 saturated heterocycles. The highest BCUT2D eigenvalue weighted by molar-refractivity contribution is 5.83. The molecule has 2 aliphatic heterocycles. The number of aryl methyl sites for hydroxylation is 1. The lowest BCUT2D eigenvalue weighted by Gasteiger charge is -2.24. The minimum absolute atomic E-state index is 0.0208. The average Bonchev–Trinajstić information content (AvgIpc) is 3.12. The van der Waals surface area contributed by atoms with Gasteiger partial charge in [-0.15, -0.1) is 0 Å². The van der Waals surface area contributed by atoms with Gasteiger partial charge in [-0.25, -0.2) is 0 Å². The van der Waals surface area contributed by atoms with E-state index in [1.165, 1.54) is 0 Å². The number of Topliss-reactive ketones (excluding diaryl/α,β-unsaturated/α-hetero) is 1. The van der Waals surface area contributed by atoms with Crippen molar-refractivity contribution in [3.05, 3.63) is 35.4 Å². The molecule has 1 unspecified atom stereocenters. The summed E-state index contributed by atoms with van der Waals surface area (Å²) in [5.74, 6) is 0.240. The molecule has 2 fully saturated rings. The molecule has 132 valence electrons. The van der Waals surface area contributed by atoms with Gasteiger partial charge in [0.25, 0.3) is 0 Å². The van der Waals surface area contributed by atoms with Crippen molar-refractivity contribution in [1.29, 1.82) is 0 Å². The molecular weight excluding hydrogens is 308 g/mol. The van der Waals surface area contributed by atoms with Crippen molar-refractivity contribution in [3.63, 3.8) is 0 Å². The van der Waals surface area contributed by atoms with Crippen LogP contribution in [0.1, 0.15) is 38.3 Å². The molecule has 2 heterocycles. The summed E-state index contributed by atoms with van der Waals surface area (Å²) in [6, 6.07) is 8.06. The van der Waals surface area contributed by atoms with Gasteiger partial charge >= 0.3 is 0 Å². The Morgan fingerprint density at radius 1 is 1.21 bits per heavy atom. The van der Waals surface area contributed by atoms with E-state index in [-0.39, 0.29) is 24.1 Å². The maximum Gasteiger partial charge on any atom is 0.190 e. The number of carbonyl (C=O) groups excluding carboxylic acids is 1. The first-order valence-corrected chi connectivity index (χ1v) is 8.66. The van der Waals surface area contributed by atoms with E-state index in [0.29, 0.717) is 13.0 Å². The molecule has 5 atom stereocenters. The fraction of sp³-hybridized carbons (Fsp3) is 0.632. The third kappa shape index (κ3) is 3.40. The predicted octanol–water partition coefficient (Wildman–Crippen LogP) is 2.98. The molecule has 0 spiro atoms. The maximum absolute atomic E-state index is 12.2. The molecule has 0 amide bonds. The highest BCUT2D eigenvalue weighted by atomic mass is 16.8. The van der Waals surface area contributed by atoms with E-state index in [9.17, 15) is 4.79 Å². The molecule has 2 aliphatic rings. The van der Waals surface area contributed by atoms with Crippen molar-refractivity contribution >= 4 is 5.78 Å². The summed E-state index contributed by atoms with van der Waals surface area (Å²) in [7, 11) is 0. The molecule has 5 heteroatoms. The lowest BCUT2D eigenvalue weighted by Crippen LogP contribution is -2.39. The van der Waals surface area contributed by atoms with Gasteiger partial charge in [-0.1, -0.05) is 45.0 Å². The Labute approximate surface area is 143 Å². The summed E-state index contributed by atoms with van der Waals surface area (Å²) in [6.45, 7) is 8.36. The lowest BCUT2D eigenvalue weighted by molar-refractivity contribution is -0.190. The molecule has 0 aliphatic carbocycles. The smallest absolute Gasteiger partial charge is 0.190 e. The van der Waals surface area contributed by atoms with Crippen LogP contribution >= 0.6 is 0 Å². The molecule has 0 radical (unpaired) electrons. The van der Waals surface area contributed by atoms with Crippen LogP contribution in [0.3, 0.4) is 0 Å². The number of fused-ring (bicyclic) bond motifs is 1. The van der Waals surface area contributed by atoms with Crippen molar-refractivity contribution in [3.8, 4) is 0 Å². The normalized spacial score (nSPS) is 32.3. The summed E-state index contributed by atoms with van der Waals surface area (Å²) in [5, 5.41) is 0. The van der Waals surface area contributed by atoms with Crippen molar-refractivity contribution in [2.24, 2.45) is 5.92 Å². The van der Waals surface area contributed by atoms with Crippen LogP contribution in [0.25, 0.3) is 0 Å². The number of hydrogen-bond acceptors (Lipinski definition) is 5. The van der Waals surface area contributed by atoms with E-state index >= 15 is 0 Å². The van der Waals surface area contributed by atoms with E-state index in [2.05, 4.69) is 0 Å². The van der Waals surface area contributed by atoms with Crippen molar-refractivity contribution in [2.45, 2.75) is 71.6 Å². The fourth-order valence-corrected chi connectivity index (χ4v) is 3.11. The highest BCUT2D eigenvalue weighted by Gasteiger charge is 2.55. The fourth-order valence-electron chi connectivity index (χ4n) is 3.11. The maximum atomic E-state index is 12.2. The van der Waals surface area contributed by atoms with Gasteiger partial charge < -0.3 is 18.9 Å². The van der Waals surface area contributed by atoms with Gasteiger partial charge in [0, 0.05) is 12.3 Å². The van der Waals surface area contributed by atoms with Gasteiger partial charge in [-0.3, -0.25) is 4.79 Å². The lowest BCUT2D eigenvalue weighted by atomic mass is 10.0. The zero-order valence-electron chi connectivity index (χ0n) is 14.7. The average molecular weight is 334 g/mol. The van der Waals surface area contributed by atoms with Crippen LogP contribution < -0.4 is 0 Å². The number of rotatable bonds is 6. The molecule has 0 saturated carbocycles. The summed E-state index contributed by atoms with van der Waals surface area (Å²) < 4.78 is 23.7. The first-order chi connectivity index (χ1) is 11.5. The Balaban J connectivity index is 1.73. The molecule has 3 rings (SSSR count). The van der Waals surface area contributed by atoms with Crippen molar-refractivity contribution in [1.82, 2.24) is 0 Å². The van der Waals surface area contributed by atoms with Gasteiger partial charge in [0.1, 0.15) is 18.3 Å². The Morgan fingerprint density at radius 2 is 1.96 bits per heavy atom. The Kier molecular flexibility index (Phi) is 5.35. The second kappa shape index (κ2) is 7.31. The zero-order valence-corrected chi connectivity index (χ0v) is 14.7. The standard InChI is InChI=1S/C19H26O5/c1-5-14(20)15-16(21-10-13-9-7-6-8-12(13)4)17-19(22-15)24-18(23-17)11(2)3/h6-9,11,15-19H,5,10H2,1-4H3/t15-,16+,17-,18?,19-/m1/s1. The summed E-state index contributed by atoms with van der Waals surface area (Å²) >= 11 is 0. The second-order valence-electron chi connectivity index (χ2n) is 6.80. The van der Waals surface area contributed by atoms with Crippen LogP contribution in [0.5, 0.6) is 0 Å². The first kappa shape index (κ1) is 17.5. The third-order valence-corrected chi connectivity index (χ3v) is 4.63. The van der Waals surface area contributed by atoms with Gasteiger partial charge in [-0.2, -0.15) is 0 Å². The molecule has 24 heavy (non-hydrogen) atoms. The second-order valence-corrected chi connectivity index (χ2v) is 6.80. The van der Waals surface area contributed by atoms with E-state index in [4.69, 9.17) is 18.9 Å². The molecule has 1 aromatic rings. The Morgan fingerprint density at radius 3 is 2.62 bits per heavy atom. The predicted molar refractivity (Wildman–Crippen MR) is 88.3 cm³/mol. The van der Waals surface area contributed by atoms with E-state index < -0.39 is 18.5 Å². The minimum Gasteiger partial charge on any atom is -0.367 e. The highest BCUT2D eigenvalue weighted by Crippen LogP contribution is 2.37. The monoisotopic (exact) mass is 334 g/mol. The van der Waals surface area contributed by atoms with Gasteiger partial charge in [0.2, 0.25) is 0 Å². The number of ether oxygens (including phenoxy) is 4. The Hall–Kier alpha value is -1.27. The van der Waals surface area contributed by atoms with Crippen LogP contribution in [0.4, 0.5) is 0 Å². The molecule has 0 bridgehead atoms. The molecule has 5 nitrogen and oxygen atoms in total. The summed E-state index contributed by atoms with van der Waals surface area (Å²) in [4.78, 5) is 12.2. The molecular formula is C19H26O5. The Bertz CT molecular complexity index is 585. The molecule has 1 aromatic carbocycles. The quantitative estimate of drug-likeness (QED) is 0.800. The van der Waals surface area contributed by atoms with Gasteiger partial charge in [-0.05, 0) is 18.1 Å². The van der Waals surface area contributed by atoms with Gasteiger partial charge in [0.05, 0.1) is 6.61 Å². The van der Waals surface area contributed by atoms with Crippen LogP contribution in [0.15, 0.2) is 24.3 Å². The number of carbonyl (C=O) groups is 1. The van der Waals surface area contributed by atoms with Crippen molar-refractivity contribution < 1.29 is 23.7 Å². The van der Waals surface area contributed by atoms with Gasteiger partial charge in [0.15, 0.2) is 18.4 Å². The van der Waals surface area contributed by atoms with Crippen LogP contribution in [0, 0.1) is 12.8 Å². The summed E-state index contributed by atoms with van der Waals surface area (Å²) in [5.41, 5.74) is 2.26. The van der Waals surface area contributed by atoms with E-state index in [1.54, 1.807) is 0 Å². The zero-order chi connectivity index (χ0) is 17.3. The van der Waals surface area contributed by atoms with Crippen LogP contribution in [0.2, 0.25) is 0 Å². The van der Waals surface area contributed by atoms with E-state index in [1.807, 2.05) is 52.0 Å². The number of benzene rings is 1. The minimum atomic E-state index is -0.623. The SMILES string of the molecule is CCC(=O)[C@H]1O[C@@H]2OC(C(C)C)O[C@@H]2[C@H]1OCc1ccccc1C. The largest absolute Gasteiger partial charge is 0.367 e. The van der Waals surface area contributed by atoms with E-state index in [0.717, 1.165) is 11.1 Å². The number of hydrogen-bond donors (Lipinski definition) is 0. The van der Waals surface area contributed by atoms with Crippen LogP contribution in [-0.2, 0) is 30.3 Å². The first-order valence-electron chi connectivity index (χ1n) is 8.66. The topological polar surface area (TPSA) is 54.0 Å². The molecule has 0 N–H and O–H groups in total. The number of ketones is 1. The summed E-state index contributed by atoms with van der Waals surface area (Å²) in [6.07, 6.45) is -1.86. The van der Waals surface area contributed by atoms with Crippen LogP contribution in [-0.4, -0.2) is 36.7 Å². The molecule has 0 aromatic heterocycles.